The van der Waals surface area contributed by atoms with Gasteiger partial charge < -0.3 is 19.2 Å². The van der Waals surface area contributed by atoms with Crippen LogP contribution < -0.4 is 14.8 Å². The third-order valence-electron chi connectivity index (χ3n) is 3.78. The first kappa shape index (κ1) is 18.6. The lowest BCUT2D eigenvalue weighted by molar-refractivity contribution is -0.121. The third kappa shape index (κ3) is 4.41. The molecule has 1 aromatic carbocycles. The van der Waals surface area contributed by atoms with Crippen LogP contribution in [0.1, 0.15) is 30.0 Å². The minimum absolute atomic E-state index is 0.0562. The van der Waals surface area contributed by atoms with Crippen molar-refractivity contribution in [3.63, 3.8) is 0 Å². The summed E-state index contributed by atoms with van der Waals surface area (Å²) in [6, 6.07) is 3.81. The van der Waals surface area contributed by atoms with Crippen molar-refractivity contribution in [3.05, 3.63) is 41.9 Å². The summed E-state index contributed by atoms with van der Waals surface area (Å²) in [7, 11) is 3.20. The molecule has 1 amide bonds. The van der Waals surface area contributed by atoms with Crippen molar-refractivity contribution >= 4 is 5.91 Å². The number of nitrogens with zero attached hydrogens (tertiary/aromatic N) is 1. The van der Waals surface area contributed by atoms with Gasteiger partial charge in [-0.25, -0.2) is 4.98 Å². The first-order valence-electron chi connectivity index (χ1n) is 8.07. The average molecular weight is 344 g/mol. The van der Waals surface area contributed by atoms with Crippen LogP contribution in [0.4, 0.5) is 0 Å². The van der Waals surface area contributed by atoms with Crippen LogP contribution >= 0.6 is 0 Å². The number of nitrogens with one attached hydrogen (secondary N) is 1. The van der Waals surface area contributed by atoms with Gasteiger partial charge in [0.1, 0.15) is 0 Å². The van der Waals surface area contributed by atoms with Gasteiger partial charge in [0.2, 0.25) is 11.8 Å². The summed E-state index contributed by atoms with van der Waals surface area (Å²) in [5.41, 5.74) is 2.54. The third-order valence-corrected chi connectivity index (χ3v) is 3.78. The zero-order valence-electron chi connectivity index (χ0n) is 15.1. The van der Waals surface area contributed by atoms with Crippen LogP contribution in [0.3, 0.4) is 0 Å². The van der Waals surface area contributed by atoms with Crippen molar-refractivity contribution in [1.29, 1.82) is 0 Å². The van der Waals surface area contributed by atoms with Gasteiger partial charge in [-0.15, -0.1) is 6.58 Å². The van der Waals surface area contributed by atoms with E-state index in [9.17, 15) is 4.79 Å². The van der Waals surface area contributed by atoms with Crippen molar-refractivity contribution < 1.29 is 18.7 Å². The summed E-state index contributed by atoms with van der Waals surface area (Å²) in [4.78, 5) is 16.1. The van der Waals surface area contributed by atoms with Crippen LogP contribution in [0.5, 0.6) is 11.5 Å². The van der Waals surface area contributed by atoms with Crippen LogP contribution in [0.15, 0.2) is 29.2 Å². The Morgan fingerprint density at radius 3 is 2.72 bits per heavy atom. The van der Waals surface area contributed by atoms with Crippen molar-refractivity contribution in [2.45, 2.75) is 33.2 Å². The minimum atomic E-state index is -0.0562. The second-order valence-corrected chi connectivity index (χ2v) is 5.65. The molecule has 0 unspecified atom stereocenters. The number of aryl methyl sites for hydroxylation is 2. The fraction of sp³-hybridized carbons (Fsp3) is 0.368. The van der Waals surface area contributed by atoms with E-state index in [0.717, 1.165) is 16.8 Å². The smallest absolute Gasteiger partial charge is 0.220 e. The Morgan fingerprint density at radius 1 is 1.32 bits per heavy atom. The van der Waals surface area contributed by atoms with Crippen molar-refractivity contribution in [2.75, 3.05) is 14.2 Å². The molecule has 2 rings (SSSR count). The molecular formula is C19H24N2O4. The highest BCUT2D eigenvalue weighted by atomic mass is 16.5. The largest absolute Gasteiger partial charge is 0.493 e. The molecule has 0 aliphatic heterocycles. The van der Waals surface area contributed by atoms with Gasteiger partial charge in [-0.05, 0) is 38.0 Å². The number of hydrogen-bond donors (Lipinski definition) is 1. The topological polar surface area (TPSA) is 73.6 Å². The summed E-state index contributed by atoms with van der Waals surface area (Å²) in [6.45, 7) is 7.67. The van der Waals surface area contributed by atoms with Gasteiger partial charge in [-0.1, -0.05) is 6.08 Å². The summed E-state index contributed by atoms with van der Waals surface area (Å²) in [6.07, 6.45) is 2.77. The zero-order chi connectivity index (χ0) is 18.4. The summed E-state index contributed by atoms with van der Waals surface area (Å²) in [5.74, 6) is 2.39. The van der Waals surface area contributed by atoms with E-state index in [1.54, 1.807) is 20.3 Å². The molecule has 1 N–H and O–H groups in total. The van der Waals surface area contributed by atoms with Crippen LogP contribution in [-0.2, 0) is 11.3 Å². The Labute approximate surface area is 147 Å². The lowest BCUT2D eigenvalue weighted by Gasteiger charge is -2.12. The van der Waals surface area contributed by atoms with E-state index in [-0.39, 0.29) is 12.5 Å². The van der Waals surface area contributed by atoms with E-state index in [0.29, 0.717) is 36.0 Å². The predicted octanol–water partition coefficient (Wildman–Crippen LogP) is 3.56. The number of methoxy groups -OCH3 is 2. The summed E-state index contributed by atoms with van der Waals surface area (Å²) < 4.78 is 16.6. The Balaban J connectivity index is 2.21. The normalized spacial score (nSPS) is 10.4. The molecule has 0 spiro atoms. The number of ether oxygens (including phenoxy) is 2. The number of carbonyl (C=O) groups is 1. The Hall–Kier alpha value is -2.76. The fourth-order valence-electron chi connectivity index (χ4n) is 2.58. The van der Waals surface area contributed by atoms with Crippen LogP contribution in [-0.4, -0.2) is 25.1 Å². The van der Waals surface area contributed by atoms with E-state index in [1.165, 1.54) is 0 Å². The van der Waals surface area contributed by atoms with Gasteiger partial charge in [0.15, 0.2) is 17.3 Å². The lowest BCUT2D eigenvalue weighted by Crippen LogP contribution is -2.22. The molecule has 0 radical (unpaired) electrons. The number of carbonyl (C=O) groups excluding carboxylic acids is 1. The van der Waals surface area contributed by atoms with E-state index in [4.69, 9.17) is 13.9 Å². The maximum absolute atomic E-state index is 11.7. The molecule has 6 nitrogen and oxygen atoms in total. The minimum Gasteiger partial charge on any atom is -0.493 e. The number of allylic oxidation sites excluding steroid dienone is 1. The molecular weight excluding hydrogens is 320 g/mol. The monoisotopic (exact) mass is 344 g/mol. The van der Waals surface area contributed by atoms with E-state index < -0.39 is 0 Å². The number of amides is 1. The van der Waals surface area contributed by atoms with Gasteiger partial charge in [-0.3, -0.25) is 4.79 Å². The molecule has 0 aliphatic carbocycles. The molecule has 1 aromatic heterocycles. The molecule has 25 heavy (non-hydrogen) atoms. The van der Waals surface area contributed by atoms with E-state index >= 15 is 0 Å². The van der Waals surface area contributed by atoms with Gasteiger partial charge in [0.25, 0.3) is 0 Å². The Kier molecular flexibility index (Phi) is 6.22. The average Bonchev–Trinajstić information content (AvgIpc) is 2.98. The molecule has 0 saturated heterocycles. The van der Waals surface area contributed by atoms with Gasteiger partial charge in [0.05, 0.1) is 26.5 Å². The van der Waals surface area contributed by atoms with Crippen LogP contribution in [0, 0.1) is 13.8 Å². The molecule has 6 heteroatoms. The highest BCUT2D eigenvalue weighted by Gasteiger charge is 2.16. The maximum Gasteiger partial charge on any atom is 0.220 e. The van der Waals surface area contributed by atoms with Crippen molar-refractivity contribution in [3.8, 4) is 22.8 Å². The summed E-state index contributed by atoms with van der Waals surface area (Å²) >= 11 is 0. The number of benzene rings is 1. The standard InChI is InChI=1S/C19H24N2O4/c1-6-7-8-16(22)20-11-17-21-13(3)19(25-17)14-9-12(2)18(24-5)15(10-14)23-4/h6,9-10H,1,7-8,11H2,2-5H3,(H,20,22). The maximum atomic E-state index is 11.7. The highest BCUT2D eigenvalue weighted by molar-refractivity contribution is 5.75. The van der Waals surface area contributed by atoms with Gasteiger partial charge in [-0.2, -0.15) is 0 Å². The molecule has 0 atom stereocenters. The van der Waals surface area contributed by atoms with Crippen LogP contribution in [0.25, 0.3) is 11.3 Å². The molecule has 0 aliphatic rings. The van der Waals surface area contributed by atoms with Crippen molar-refractivity contribution in [1.82, 2.24) is 10.3 Å². The van der Waals surface area contributed by atoms with E-state index in [1.807, 2.05) is 26.0 Å². The predicted molar refractivity (Wildman–Crippen MR) is 95.8 cm³/mol. The SMILES string of the molecule is C=CCCC(=O)NCc1nc(C)c(-c2cc(C)c(OC)c(OC)c2)o1. The number of rotatable bonds is 8. The first-order chi connectivity index (χ1) is 12.0. The van der Waals surface area contributed by atoms with Gasteiger partial charge in [0, 0.05) is 12.0 Å². The molecule has 0 bridgehead atoms. The Bertz CT molecular complexity index is 765. The lowest BCUT2D eigenvalue weighted by atomic mass is 10.1. The number of hydrogen-bond acceptors (Lipinski definition) is 5. The highest BCUT2D eigenvalue weighted by Crippen LogP contribution is 2.37. The zero-order valence-corrected chi connectivity index (χ0v) is 15.1. The Morgan fingerprint density at radius 2 is 2.08 bits per heavy atom. The molecule has 1 heterocycles. The number of aromatic nitrogens is 1. The first-order valence-corrected chi connectivity index (χ1v) is 8.07. The fourth-order valence-corrected chi connectivity index (χ4v) is 2.58. The summed E-state index contributed by atoms with van der Waals surface area (Å²) in [5, 5.41) is 2.79. The second kappa shape index (κ2) is 8.37. The van der Waals surface area contributed by atoms with Gasteiger partial charge >= 0.3 is 0 Å². The quantitative estimate of drug-likeness (QED) is 0.741. The number of oxazole rings is 1. The van der Waals surface area contributed by atoms with Crippen LogP contribution in [0.2, 0.25) is 0 Å². The second-order valence-electron chi connectivity index (χ2n) is 5.65. The van der Waals surface area contributed by atoms with Crippen molar-refractivity contribution in [2.24, 2.45) is 0 Å². The molecule has 134 valence electrons. The van der Waals surface area contributed by atoms with E-state index in [2.05, 4.69) is 16.9 Å². The molecule has 0 saturated carbocycles. The molecule has 2 aromatic rings. The molecule has 0 fully saturated rings.